The molecule has 3 heteroatoms. The SMILES string of the molecule is CCC1CNC(C)CN1C1(C)CCOCC1. The van der Waals surface area contributed by atoms with Crippen LogP contribution in [0.2, 0.25) is 0 Å². The van der Waals surface area contributed by atoms with Crippen molar-refractivity contribution in [2.24, 2.45) is 0 Å². The van der Waals surface area contributed by atoms with Gasteiger partial charge in [0.25, 0.3) is 0 Å². The molecule has 0 aromatic heterocycles. The fourth-order valence-electron chi connectivity index (χ4n) is 3.08. The van der Waals surface area contributed by atoms with Crippen LogP contribution in [-0.2, 0) is 4.74 Å². The van der Waals surface area contributed by atoms with Crippen LogP contribution in [0.15, 0.2) is 0 Å². The standard InChI is InChI=1S/C13H26N2O/c1-4-12-9-14-11(2)10-15(12)13(3)5-7-16-8-6-13/h11-12,14H,4-10H2,1-3H3. The average molecular weight is 226 g/mol. The van der Waals surface area contributed by atoms with E-state index in [1.165, 1.54) is 25.8 Å². The number of hydrogen-bond acceptors (Lipinski definition) is 3. The molecule has 2 rings (SSSR count). The number of piperazine rings is 1. The summed E-state index contributed by atoms with van der Waals surface area (Å²) in [6.45, 7) is 11.2. The second kappa shape index (κ2) is 5.03. The van der Waals surface area contributed by atoms with Crippen molar-refractivity contribution in [2.45, 2.75) is 57.7 Å². The summed E-state index contributed by atoms with van der Waals surface area (Å²) in [6, 6.07) is 1.33. The van der Waals surface area contributed by atoms with E-state index in [-0.39, 0.29) is 0 Å². The van der Waals surface area contributed by atoms with E-state index in [1.807, 2.05) is 0 Å². The monoisotopic (exact) mass is 226 g/mol. The first-order chi connectivity index (χ1) is 7.65. The van der Waals surface area contributed by atoms with Crippen LogP contribution in [0.3, 0.4) is 0 Å². The Hall–Kier alpha value is -0.120. The molecule has 16 heavy (non-hydrogen) atoms. The van der Waals surface area contributed by atoms with Crippen molar-refractivity contribution in [1.82, 2.24) is 10.2 Å². The molecule has 3 nitrogen and oxygen atoms in total. The van der Waals surface area contributed by atoms with Crippen molar-refractivity contribution >= 4 is 0 Å². The topological polar surface area (TPSA) is 24.5 Å². The second-order valence-corrected chi connectivity index (χ2v) is 5.63. The van der Waals surface area contributed by atoms with Gasteiger partial charge in [-0.15, -0.1) is 0 Å². The normalized spacial score (nSPS) is 36.2. The van der Waals surface area contributed by atoms with Crippen LogP contribution in [-0.4, -0.2) is 48.8 Å². The van der Waals surface area contributed by atoms with E-state index >= 15 is 0 Å². The van der Waals surface area contributed by atoms with Gasteiger partial charge < -0.3 is 10.1 Å². The summed E-state index contributed by atoms with van der Waals surface area (Å²) in [7, 11) is 0. The third-order valence-corrected chi connectivity index (χ3v) is 4.35. The number of nitrogens with one attached hydrogen (secondary N) is 1. The summed E-state index contributed by atoms with van der Waals surface area (Å²) in [4.78, 5) is 2.75. The molecule has 2 aliphatic heterocycles. The molecule has 0 aliphatic carbocycles. The Balaban J connectivity index is 2.08. The lowest BCUT2D eigenvalue weighted by Crippen LogP contribution is -2.63. The maximum absolute atomic E-state index is 5.51. The van der Waals surface area contributed by atoms with Gasteiger partial charge in [-0.3, -0.25) is 4.90 Å². The van der Waals surface area contributed by atoms with Crippen LogP contribution in [0.4, 0.5) is 0 Å². The smallest absolute Gasteiger partial charge is 0.0483 e. The number of nitrogens with zero attached hydrogens (tertiary/aromatic N) is 1. The third-order valence-electron chi connectivity index (χ3n) is 4.35. The predicted molar refractivity (Wildman–Crippen MR) is 66.7 cm³/mol. The molecule has 0 aromatic carbocycles. The summed E-state index contributed by atoms with van der Waals surface area (Å²) in [5.41, 5.74) is 0.370. The molecule has 0 spiro atoms. The van der Waals surface area contributed by atoms with Gasteiger partial charge in [0.05, 0.1) is 0 Å². The van der Waals surface area contributed by atoms with Gasteiger partial charge in [-0.25, -0.2) is 0 Å². The van der Waals surface area contributed by atoms with E-state index in [2.05, 4.69) is 31.0 Å². The van der Waals surface area contributed by atoms with Gasteiger partial charge in [0.15, 0.2) is 0 Å². The predicted octanol–water partition coefficient (Wildman–Crippen LogP) is 1.63. The first-order valence-electron chi connectivity index (χ1n) is 6.73. The Bertz CT molecular complexity index is 226. The van der Waals surface area contributed by atoms with Crippen molar-refractivity contribution in [3.05, 3.63) is 0 Å². The molecular weight excluding hydrogens is 200 g/mol. The molecule has 2 atom stereocenters. The van der Waals surface area contributed by atoms with Crippen molar-refractivity contribution in [3.63, 3.8) is 0 Å². The van der Waals surface area contributed by atoms with Crippen LogP contribution in [0.25, 0.3) is 0 Å². The van der Waals surface area contributed by atoms with Crippen molar-refractivity contribution in [3.8, 4) is 0 Å². The van der Waals surface area contributed by atoms with E-state index in [1.54, 1.807) is 0 Å². The summed E-state index contributed by atoms with van der Waals surface area (Å²) in [6.07, 6.45) is 3.63. The van der Waals surface area contributed by atoms with Gasteiger partial charge in [0.1, 0.15) is 0 Å². The van der Waals surface area contributed by atoms with Crippen LogP contribution in [0, 0.1) is 0 Å². The van der Waals surface area contributed by atoms with E-state index in [0.29, 0.717) is 17.6 Å². The summed E-state index contributed by atoms with van der Waals surface area (Å²) < 4.78 is 5.51. The fourth-order valence-corrected chi connectivity index (χ4v) is 3.08. The van der Waals surface area contributed by atoms with Crippen LogP contribution in [0.5, 0.6) is 0 Å². The number of ether oxygens (including phenoxy) is 1. The molecule has 2 fully saturated rings. The van der Waals surface area contributed by atoms with Gasteiger partial charge >= 0.3 is 0 Å². The molecule has 0 amide bonds. The van der Waals surface area contributed by atoms with Crippen molar-refractivity contribution in [1.29, 1.82) is 0 Å². The number of rotatable bonds is 2. The van der Waals surface area contributed by atoms with E-state index < -0.39 is 0 Å². The number of hydrogen-bond donors (Lipinski definition) is 1. The van der Waals surface area contributed by atoms with Gasteiger partial charge in [-0.1, -0.05) is 6.92 Å². The highest BCUT2D eigenvalue weighted by atomic mass is 16.5. The zero-order valence-electron chi connectivity index (χ0n) is 11.0. The summed E-state index contributed by atoms with van der Waals surface area (Å²) >= 11 is 0. The first-order valence-corrected chi connectivity index (χ1v) is 6.73. The molecular formula is C13H26N2O. The second-order valence-electron chi connectivity index (χ2n) is 5.63. The van der Waals surface area contributed by atoms with Crippen LogP contribution in [0.1, 0.15) is 40.0 Å². The van der Waals surface area contributed by atoms with Crippen molar-refractivity contribution in [2.75, 3.05) is 26.3 Å². The lowest BCUT2D eigenvalue weighted by molar-refractivity contribution is -0.0528. The Morgan fingerprint density at radius 3 is 2.69 bits per heavy atom. The molecule has 94 valence electrons. The Labute approximate surface area is 99.5 Å². The summed E-state index contributed by atoms with van der Waals surface area (Å²) in [5, 5.41) is 3.60. The quantitative estimate of drug-likeness (QED) is 0.774. The Morgan fingerprint density at radius 2 is 2.06 bits per heavy atom. The Kier molecular flexibility index (Phi) is 3.88. The zero-order chi connectivity index (χ0) is 11.6. The molecule has 0 bridgehead atoms. The third kappa shape index (κ3) is 2.41. The highest BCUT2D eigenvalue weighted by Crippen LogP contribution is 2.31. The van der Waals surface area contributed by atoms with Gasteiger partial charge in [0, 0.05) is 43.9 Å². The van der Waals surface area contributed by atoms with Gasteiger partial charge in [0.2, 0.25) is 0 Å². The van der Waals surface area contributed by atoms with Crippen LogP contribution < -0.4 is 5.32 Å². The maximum Gasteiger partial charge on any atom is 0.0483 e. The molecule has 2 heterocycles. The minimum atomic E-state index is 0.370. The highest BCUT2D eigenvalue weighted by Gasteiger charge is 2.39. The molecule has 0 saturated carbocycles. The van der Waals surface area contributed by atoms with E-state index in [4.69, 9.17) is 4.74 Å². The summed E-state index contributed by atoms with van der Waals surface area (Å²) in [5.74, 6) is 0. The van der Waals surface area contributed by atoms with Crippen molar-refractivity contribution < 1.29 is 4.74 Å². The Morgan fingerprint density at radius 1 is 1.38 bits per heavy atom. The van der Waals surface area contributed by atoms with Gasteiger partial charge in [-0.05, 0) is 33.1 Å². The molecule has 2 aliphatic rings. The minimum absolute atomic E-state index is 0.370. The molecule has 2 unspecified atom stereocenters. The first kappa shape index (κ1) is 12.3. The zero-order valence-corrected chi connectivity index (χ0v) is 11.0. The largest absolute Gasteiger partial charge is 0.381 e. The maximum atomic E-state index is 5.51. The average Bonchev–Trinajstić information content (AvgIpc) is 2.30. The van der Waals surface area contributed by atoms with Gasteiger partial charge in [-0.2, -0.15) is 0 Å². The molecule has 0 radical (unpaired) electrons. The fraction of sp³-hybridized carbons (Fsp3) is 1.00. The highest BCUT2D eigenvalue weighted by molar-refractivity contribution is 4.96. The lowest BCUT2D eigenvalue weighted by Gasteiger charge is -2.51. The lowest BCUT2D eigenvalue weighted by atomic mass is 9.87. The molecule has 1 N–H and O–H groups in total. The van der Waals surface area contributed by atoms with E-state index in [0.717, 1.165) is 19.8 Å². The molecule has 2 saturated heterocycles. The van der Waals surface area contributed by atoms with E-state index in [9.17, 15) is 0 Å². The minimum Gasteiger partial charge on any atom is -0.381 e. The van der Waals surface area contributed by atoms with Crippen LogP contribution >= 0.6 is 0 Å². The molecule has 0 aromatic rings.